The average Bonchev–Trinajstić information content (AvgIpc) is 3.31. The molecule has 1 fully saturated rings. The molecule has 0 saturated carbocycles. The van der Waals surface area contributed by atoms with Gasteiger partial charge in [-0.15, -0.1) is 0 Å². The summed E-state index contributed by atoms with van der Waals surface area (Å²) in [5.74, 6) is 0.879. The number of aromatic nitrogens is 1. The van der Waals surface area contributed by atoms with Crippen molar-refractivity contribution in [2.45, 2.75) is 18.4 Å². The molecule has 31 heavy (non-hydrogen) atoms. The fraction of sp³-hybridized carbons (Fsp3) is 0.292. The van der Waals surface area contributed by atoms with Crippen LogP contribution < -0.4 is 14.8 Å². The molecule has 160 valence electrons. The van der Waals surface area contributed by atoms with Gasteiger partial charge in [-0.25, -0.2) is 4.39 Å². The van der Waals surface area contributed by atoms with Crippen molar-refractivity contribution in [2.24, 2.45) is 0 Å². The first kappa shape index (κ1) is 19.5. The van der Waals surface area contributed by atoms with E-state index in [4.69, 9.17) is 9.47 Å². The third-order valence-corrected chi connectivity index (χ3v) is 6.33. The molecule has 0 atom stereocenters. The number of methoxy groups -OCH3 is 2. The molecule has 0 unspecified atom stereocenters. The molecule has 2 aromatic carbocycles. The van der Waals surface area contributed by atoms with Crippen LogP contribution in [0.2, 0.25) is 0 Å². The van der Waals surface area contributed by atoms with Gasteiger partial charge in [-0.3, -0.25) is 4.79 Å². The van der Waals surface area contributed by atoms with E-state index >= 15 is 0 Å². The predicted octanol–water partition coefficient (Wildman–Crippen LogP) is 4.19. The summed E-state index contributed by atoms with van der Waals surface area (Å²) in [6.07, 6.45) is 3.47. The van der Waals surface area contributed by atoms with Crippen LogP contribution in [0.1, 0.15) is 28.9 Å². The molecule has 3 heterocycles. The molecule has 1 amide bonds. The second-order valence-corrected chi connectivity index (χ2v) is 8.03. The second kappa shape index (κ2) is 7.34. The van der Waals surface area contributed by atoms with Crippen molar-refractivity contribution < 1.29 is 18.7 Å². The summed E-state index contributed by atoms with van der Waals surface area (Å²) >= 11 is 0. The molecule has 1 N–H and O–H groups in total. The van der Waals surface area contributed by atoms with Gasteiger partial charge in [0.2, 0.25) is 0 Å². The first-order valence-electron chi connectivity index (χ1n) is 10.3. The van der Waals surface area contributed by atoms with E-state index < -0.39 is 0 Å². The highest BCUT2D eigenvalue weighted by Crippen LogP contribution is 2.43. The third kappa shape index (κ3) is 3.21. The van der Waals surface area contributed by atoms with Crippen LogP contribution in [-0.2, 0) is 5.54 Å². The lowest BCUT2D eigenvalue weighted by Gasteiger charge is -2.46. The van der Waals surface area contributed by atoms with Gasteiger partial charge in [0.1, 0.15) is 17.3 Å². The van der Waals surface area contributed by atoms with E-state index in [1.165, 1.54) is 6.07 Å². The Balaban J connectivity index is 1.40. The number of hydrogen-bond acceptors (Lipinski definition) is 4. The predicted molar refractivity (Wildman–Crippen MR) is 116 cm³/mol. The van der Waals surface area contributed by atoms with Crippen LogP contribution in [0.25, 0.3) is 5.69 Å². The number of benzene rings is 2. The van der Waals surface area contributed by atoms with Crippen LogP contribution in [0.15, 0.2) is 54.7 Å². The number of nitrogens with one attached hydrogen (secondary N) is 1. The van der Waals surface area contributed by atoms with Crippen LogP contribution >= 0.6 is 0 Å². The van der Waals surface area contributed by atoms with Crippen LogP contribution in [0.3, 0.4) is 0 Å². The summed E-state index contributed by atoms with van der Waals surface area (Å²) in [6, 6.07) is 14.1. The van der Waals surface area contributed by atoms with Crippen molar-refractivity contribution in [3.63, 3.8) is 0 Å². The number of fused-ring (bicyclic) bond motifs is 4. The number of nitrogens with zero attached hydrogens (tertiary/aromatic N) is 2. The molecule has 2 aliphatic rings. The standard InChI is InChI=1S/C24H24FN3O3/c1-30-18-12-16(13-19(15-18)31-2)23(29)27-10-7-24(8-11-27)22-4-3-9-28(22)21-14-17(25)5-6-20(21)26-24/h3-6,9,12-15,26H,7-8,10-11H2,1-2H3. The van der Waals surface area contributed by atoms with Gasteiger partial charge in [-0.1, -0.05) is 0 Å². The van der Waals surface area contributed by atoms with E-state index in [1.54, 1.807) is 44.6 Å². The highest BCUT2D eigenvalue weighted by molar-refractivity contribution is 5.95. The zero-order chi connectivity index (χ0) is 21.6. The van der Waals surface area contributed by atoms with Gasteiger partial charge in [-0.2, -0.15) is 0 Å². The Morgan fingerprint density at radius 3 is 2.42 bits per heavy atom. The van der Waals surface area contributed by atoms with Gasteiger partial charge < -0.3 is 24.3 Å². The number of anilines is 1. The smallest absolute Gasteiger partial charge is 0.254 e. The number of hydrogen-bond donors (Lipinski definition) is 1. The SMILES string of the molecule is COc1cc(OC)cc(C(=O)N2CCC3(CC2)Nc2ccc(F)cc2-n2cccc23)c1. The summed E-state index contributed by atoms with van der Waals surface area (Å²) < 4.78 is 26.5. The number of carbonyl (C=O) groups is 1. The zero-order valence-electron chi connectivity index (χ0n) is 17.5. The van der Waals surface area contributed by atoms with E-state index in [2.05, 4.69) is 16.0 Å². The molecule has 6 nitrogen and oxygen atoms in total. The van der Waals surface area contributed by atoms with Gasteiger partial charge in [-0.05, 0) is 55.3 Å². The molecule has 7 heteroatoms. The Kier molecular flexibility index (Phi) is 4.61. The van der Waals surface area contributed by atoms with Gasteiger partial charge in [0.15, 0.2) is 0 Å². The van der Waals surface area contributed by atoms with Crippen LogP contribution in [0, 0.1) is 5.82 Å². The second-order valence-electron chi connectivity index (χ2n) is 8.03. The van der Waals surface area contributed by atoms with Crippen LogP contribution in [-0.4, -0.2) is 42.7 Å². The maximum absolute atomic E-state index is 13.8. The lowest BCUT2D eigenvalue weighted by atomic mass is 9.82. The highest BCUT2D eigenvalue weighted by atomic mass is 19.1. The summed E-state index contributed by atoms with van der Waals surface area (Å²) in [5, 5.41) is 3.65. The third-order valence-electron chi connectivity index (χ3n) is 6.33. The van der Waals surface area contributed by atoms with E-state index in [1.807, 2.05) is 17.2 Å². The Hall–Kier alpha value is -3.48. The first-order chi connectivity index (χ1) is 15.0. The molecule has 0 radical (unpaired) electrons. The topological polar surface area (TPSA) is 55.7 Å². The number of carbonyl (C=O) groups excluding carboxylic acids is 1. The number of piperidine rings is 1. The molecule has 1 saturated heterocycles. The van der Waals surface area contributed by atoms with Crippen molar-refractivity contribution in [3.8, 4) is 17.2 Å². The van der Waals surface area contributed by atoms with Crippen LogP contribution in [0.5, 0.6) is 11.5 Å². The molecular weight excluding hydrogens is 397 g/mol. The lowest BCUT2D eigenvalue weighted by Crippen LogP contribution is -2.51. The average molecular weight is 421 g/mol. The number of rotatable bonds is 3. The van der Waals surface area contributed by atoms with E-state index in [0.29, 0.717) is 30.2 Å². The maximum Gasteiger partial charge on any atom is 0.254 e. The minimum atomic E-state index is -0.294. The van der Waals surface area contributed by atoms with Gasteiger partial charge >= 0.3 is 0 Å². The molecule has 2 aliphatic heterocycles. The van der Waals surface area contributed by atoms with E-state index in [9.17, 15) is 9.18 Å². The highest BCUT2D eigenvalue weighted by Gasteiger charge is 2.42. The maximum atomic E-state index is 13.8. The zero-order valence-corrected chi connectivity index (χ0v) is 17.5. The normalized spacial score (nSPS) is 16.3. The Labute approximate surface area is 180 Å². The Bertz CT molecular complexity index is 1130. The lowest BCUT2D eigenvalue weighted by molar-refractivity contribution is 0.0675. The van der Waals surface area contributed by atoms with Crippen molar-refractivity contribution in [3.05, 3.63) is 71.8 Å². The van der Waals surface area contributed by atoms with E-state index in [0.717, 1.165) is 29.9 Å². The molecule has 0 aliphatic carbocycles. The summed E-state index contributed by atoms with van der Waals surface area (Å²) in [6.45, 7) is 1.21. The first-order valence-corrected chi connectivity index (χ1v) is 10.3. The number of amides is 1. The Morgan fingerprint density at radius 1 is 1.03 bits per heavy atom. The number of likely N-dealkylation sites (tertiary alicyclic amines) is 1. The molecule has 1 aromatic heterocycles. The minimum Gasteiger partial charge on any atom is -0.497 e. The van der Waals surface area contributed by atoms with Crippen LogP contribution in [0.4, 0.5) is 10.1 Å². The number of halogens is 1. The Morgan fingerprint density at radius 2 is 1.74 bits per heavy atom. The summed E-state index contributed by atoms with van der Waals surface area (Å²) in [4.78, 5) is 15.1. The van der Waals surface area contributed by atoms with Gasteiger partial charge in [0, 0.05) is 36.6 Å². The van der Waals surface area contributed by atoms with Gasteiger partial charge in [0.05, 0.1) is 31.1 Å². The minimum absolute atomic E-state index is 0.0410. The van der Waals surface area contributed by atoms with Crippen molar-refractivity contribution >= 4 is 11.6 Å². The quantitative estimate of drug-likeness (QED) is 0.689. The molecular formula is C24H24FN3O3. The fourth-order valence-corrected chi connectivity index (χ4v) is 4.70. The molecule has 3 aromatic rings. The summed E-state index contributed by atoms with van der Waals surface area (Å²) in [5.41, 5.74) is 3.07. The fourth-order valence-electron chi connectivity index (χ4n) is 4.70. The summed E-state index contributed by atoms with van der Waals surface area (Å²) in [7, 11) is 3.14. The van der Waals surface area contributed by atoms with Crippen molar-refractivity contribution in [1.82, 2.24) is 9.47 Å². The largest absolute Gasteiger partial charge is 0.497 e. The molecule has 0 bridgehead atoms. The number of ether oxygens (including phenoxy) is 2. The molecule has 1 spiro atoms. The van der Waals surface area contributed by atoms with Gasteiger partial charge in [0.25, 0.3) is 5.91 Å². The molecule has 5 rings (SSSR count). The monoisotopic (exact) mass is 421 g/mol. The van der Waals surface area contributed by atoms with E-state index in [-0.39, 0.29) is 17.3 Å². The van der Waals surface area contributed by atoms with Crippen molar-refractivity contribution in [2.75, 3.05) is 32.6 Å². The van der Waals surface area contributed by atoms with Crippen molar-refractivity contribution in [1.29, 1.82) is 0 Å².